The van der Waals surface area contributed by atoms with Gasteiger partial charge in [-0.1, -0.05) is 170 Å². The molecule has 1 spiro atoms. The first kappa shape index (κ1) is 31.2. The van der Waals surface area contributed by atoms with E-state index in [0.29, 0.717) is 17.5 Å². The first-order valence-electron chi connectivity index (χ1n) is 18.6. The van der Waals surface area contributed by atoms with Crippen LogP contribution in [0.25, 0.3) is 78.8 Å². The van der Waals surface area contributed by atoms with Gasteiger partial charge < -0.3 is 0 Å². The highest BCUT2D eigenvalue weighted by molar-refractivity contribution is 5.96. The number of rotatable bonds is 5. The summed E-state index contributed by atoms with van der Waals surface area (Å²) in [4.78, 5) is 19.7. The zero-order valence-electron chi connectivity index (χ0n) is 29.8. The molecule has 0 saturated carbocycles. The maximum atomic E-state index is 5.00. The van der Waals surface area contributed by atoms with E-state index in [1.165, 1.54) is 50.1 Å². The quantitative estimate of drug-likeness (QED) is 0.179. The van der Waals surface area contributed by atoms with Gasteiger partial charge in [0, 0.05) is 28.5 Å². The fourth-order valence-electron chi connectivity index (χ4n) is 8.74. The molecule has 55 heavy (non-hydrogen) atoms. The van der Waals surface area contributed by atoms with Gasteiger partial charge >= 0.3 is 0 Å². The van der Waals surface area contributed by atoms with Gasteiger partial charge in [0.1, 0.15) is 0 Å². The Labute approximate surface area is 319 Å². The van der Waals surface area contributed by atoms with Crippen molar-refractivity contribution in [3.8, 4) is 78.8 Å². The molecule has 4 heteroatoms. The molecule has 2 aromatic heterocycles. The van der Waals surface area contributed by atoms with E-state index in [-0.39, 0.29) is 5.41 Å². The first-order valence-corrected chi connectivity index (χ1v) is 18.6. The van der Waals surface area contributed by atoms with Crippen LogP contribution in [0.2, 0.25) is 0 Å². The zero-order chi connectivity index (χ0) is 36.3. The van der Waals surface area contributed by atoms with E-state index in [9.17, 15) is 0 Å². The lowest BCUT2D eigenvalue weighted by Crippen LogP contribution is -2.25. The summed E-state index contributed by atoms with van der Waals surface area (Å²) in [5, 5.41) is 0. The molecular formula is C51H32N4. The second-order valence-electron chi connectivity index (χ2n) is 14.2. The first-order chi connectivity index (χ1) is 27.3. The molecule has 0 radical (unpaired) electrons. The van der Waals surface area contributed by atoms with Gasteiger partial charge in [-0.2, -0.15) is 0 Å². The molecule has 0 amide bonds. The fraction of sp³-hybridized carbons (Fsp3) is 0.0196. The summed E-state index contributed by atoms with van der Waals surface area (Å²) >= 11 is 0. The van der Waals surface area contributed by atoms with E-state index in [1.54, 1.807) is 0 Å². The third kappa shape index (κ3) is 4.85. The third-order valence-electron chi connectivity index (χ3n) is 11.2. The van der Waals surface area contributed by atoms with E-state index in [1.807, 2.05) is 66.9 Å². The molecule has 2 aliphatic carbocycles. The van der Waals surface area contributed by atoms with Gasteiger partial charge in [-0.3, -0.25) is 4.98 Å². The Morgan fingerprint density at radius 2 is 0.709 bits per heavy atom. The summed E-state index contributed by atoms with van der Waals surface area (Å²) in [5.41, 5.74) is 17.2. The van der Waals surface area contributed by atoms with Crippen LogP contribution in [0, 0.1) is 0 Å². The molecule has 0 bridgehead atoms. The Balaban J connectivity index is 1.00. The van der Waals surface area contributed by atoms with Gasteiger partial charge in [0.2, 0.25) is 0 Å². The van der Waals surface area contributed by atoms with Crippen molar-refractivity contribution in [2.75, 3.05) is 0 Å². The van der Waals surface area contributed by atoms with E-state index >= 15 is 0 Å². The molecule has 0 unspecified atom stereocenters. The number of aromatic nitrogens is 4. The van der Waals surface area contributed by atoms with Crippen LogP contribution < -0.4 is 0 Å². The predicted molar refractivity (Wildman–Crippen MR) is 221 cm³/mol. The SMILES string of the molecule is c1ccc(-c2ccc(-c3nc(-c4ccccc4)nc(-c4ccc(-c5ccc6c(c5)C5(c7ccccc7-c7ccccc75)c5ccccc5-6)cc4)n3)cn2)cc1. The molecule has 4 nitrogen and oxygen atoms in total. The van der Waals surface area contributed by atoms with Crippen molar-refractivity contribution in [2.24, 2.45) is 0 Å². The van der Waals surface area contributed by atoms with E-state index in [4.69, 9.17) is 19.9 Å². The molecule has 0 saturated heterocycles. The Morgan fingerprint density at radius 3 is 1.25 bits per heavy atom. The van der Waals surface area contributed by atoms with Crippen LogP contribution in [0.15, 0.2) is 194 Å². The Hall–Kier alpha value is -7.30. The molecule has 7 aromatic carbocycles. The molecule has 9 aromatic rings. The maximum absolute atomic E-state index is 5.00. The largest absolute Gasteiger partial charge is 0.255 e. The minimum atomic E-state index is -0.377. The highest BCUT2D eigenvalue weighted by atomic mass is 15.0. The summed E-state index contributed by atoms with van der Waals surface area (Å²) < 4.78 is 0. The van der Waals surface area contributed by atoms with Gasteiger partial charge in [-0.15, -0.1) is 0 Å². The topological polar surface area (TPSA) is 51.6 Å². The number of pyridine rings is 1. The normalized spacial score (nSPS) is 12.9. The molecule has 0 fully saturated rings. The van der Waals surface area contributed by atoms with Gasteiger partial charge in [-0.05, 0) is 73.8 Å². The zero-order valence-corrected chi connectivity index (χ0v) is 29.8. The monoisotopic (exact) mass is 700 g/mol. The second-order valence-corrected chi connectivity index (χ2v) is 14.2. The Morgan fingerprint density at radius 1 is 0.291 bits per heavy atom. The molecule has 2 aliphatic rings. The lowest BCUT2D eigenvalue weighted by atomic mass is 9.70. The second kappa shape index (κ2) is 12.4. The highest BCUT2D eigenvalue weighted by Gasteiger charge is 2.51. The van der Waals surface area contributed by atoms with Crippen molar-refractivity contribution in [2.45, 2.75) is 5.41 Å². The average molecular weight is 701 g/mol. The molecule has 2 heterocycles. The van der Waals surface area contributed by atoms with Crippen molar-refractivity contribution in [3.05, 3.63) is 217 Å². The molecule has 0 aliphatic heterocycles. The summed E-state index contributed by atoms with van der Waals surface area (Å²) in [6.07, 6.45) is 1.85. The minimum absolute atomic E-state index is 0.377. The summed E-state index contributed by atoms with van der Waals surface area (Å²) in [6.45, 7) is 0. The lowest BCUT2D eigenvalue weighted by Gasteiger charge is -2.30. The molecule has 0 N–H and O–H groups in total. The van der Waals surface area contributed by atoms with Crippen LogP contribution in [-0.4, -0.2) is 19.9 Å². The Bertz CT molecular complexity index is 2840. The van der Waals surface area contributed by atoms with Crippen LogP contribution in [0.1, 0.15) is 22.3 Å². The van der Waals surface area contributed by atoms with Gasteiger partial charge in [0.05, 0.1) is 11.1 Å². The average Bonchev–Trinajstić information content (AvgIpc) is 3.74. The summed E-state index contributed by atoms with van der Waals surface area (Å²) in [6, 6.07) is 66.7. The van der Waals surface area contributed by atoms with Crippen molar-refractivity contribution >= 4 is 0 Å². The Kier molecular flexibility index (Phi) is 7.04. The van der Waals surface area contributed by atoms with Gasteiger partial charge in [-0.25, -0.2) is 15.0 Å². The standard InChI is InChI=1S/C51H32N4/c1-3-13-34(14-4-1)47-30-28-38(32-52-47)50-54-48(35-15-5-2-6-16-35)53-49(55-50)36-25-23-33(24-26-36)37-27-29-42-41-19-9-12-22-45(41)51(46(42)31-37)43-20-10-7-17-39(43)40-18-8-11-21-44(40)51/h1-32H. The maximum Gasteiger partial charge on any atom is 0.165 e. The molecular weight excluding hydrogens is 669 g/mol. The fourth-order valence-corrected chi connectivity index (χ4v) is 8.74. The van der Waals surface area contributed by atoms with Crippen molar-refractivity contribution in [1.29, 1.82) is 0 Å². The smallest absolute Gasteiger partial charge is 0.165 e. The number of fused-ring (bicyclic) bond motifs is 10. The predicted octanol–water partition coefficient (Wildman–Crippen LogP) is 11.9. The van der Waals surface area contributed by atoms with Gasteiger partial charge in [0.15, 0.2) is 17.5 Å². The number of benzene rings is 7. The summed E-state index contributed by atoms with van der Waals surface area (Å²) in [5.74, 6) is 1.82. The van der Waals surface area contributed by atoms with Crippen LogP contribution in [0.3, 0.4) is 0 Å². The lowest BCUT2D eigenvalue weighted by molar-refractivity contribution is 0.794. The number of hydrogen-bond acceptors (Lipinski definition) is 4. The number of nitrogens with zero attached hydrogens (tertiary/aromatic N) is 4. The van der Waals surface area contributed by atoms with Crippen molar-refractivity contribution < 1.29 is 0 Å². The van der Waals surface area contributed by atoms with E-state index in [0.717, 1.165) is 33.5 Å². The molecule has 11 rings (SSSR count). The minimum Gasteiger partial charge on any atom is -0.255 e. The van der Waals surface area contributed by atoms with Crippen LogP contribution >= 0.6 is 0 Å². The third-order valence-corrected chi connectivity index (χ3v) is 11.2. The van der Waals surface area contributed by atoms with E-state index in [2.05, 4.69) is 127 Å². The molecule has 256 valence electrons. The number of hydrogen-bond donors (Lipinski definition) is 0. The highest BCUT2D eigenvalue weighted by Crippen LogP contribution is 2.63. The van der Waals surface area contributed by atoms with Gasteiger partial charge in [0.25, 0.3) is 0 Å². The molecule has 0 atom stereocenters. The van der Waals surface area contributed by atoms with Crippen LogP contribution in [0.4, 0.5) is 0 Å². The summed E-state index contributed by atoms with van der Waals surface area (Å²) in [7, 11) is 0. The van der Waals surface area contributed by atoms with Crippen molar-refractivity contribution in [1.82, 2.24) is 19.9 Å². The van der Waals surface area contributed by atoms with Crippen LogP contribution in [-0.2, 0) is 5.41 Å². The van der Waals surface area contributed by atoms with Crippen molar-refractivity contribution in [3.63, 3.8) is 0 Å². The van der Waals surface area contributed by atoms with Crippen LogP contribution in [0.5, 0.6) is 0 Å². The van der Waals surface area contributed by atoms with E-state index < -0.39 is 0 Å².